The molecule has 2 aromatic rings. The van der Waals surface area contributed by atoms with Gasteiger partial charge in [-0.3, -0.25) is 0 Å². The molecule has 1 saturated heterocycles. The highest BCUT2D eigenvalue weighted by molar-refractivity contribution is 5.92. The Morgan fingerprint density at radius 2 is 1.83 bits per heavy atom. The number of anilines is 2. The molecule has 4 N–H and O–H groups in total. The molecule has 2 amide bonds. The van der Waals surface area contributed by atoms with E-state index in [0.29, 0.717) is 25.2 Å². The summed E-state index contributed by atoms with van der Waals surface area (Å²) >= 11 is 0. The molecule has 0 radical (unpaired) electrons. The zero-order valence-corrected chi connectivity index (χ0v) is 19.4. The first-order valence-corrected chi connectivity index (χ1v) is 11.7. The molecule has 35 heavy (non-hydrogen) atoms. The molecule has 1 fully saturated rings. The number of ether oxygens (including phenoxy) is 1. The SMILES string of the molecule is COc1c(NC(=O)N[C@@H]2Cc3ccccc3[C@@H]2O)cc(N2CCCCCC2)cc1[C@H](O)C(F)(F)F. The number of alkyl halides is 3. The van der Waals surface area contributed by atoms with E-state index >= 15 is 0 Å². The van der Waals surface area contributed by atoms with Crippen LogP contribution in [0.15, 0.2) is 36.4 Å². The minimum Gasteiger partial charge on any atom is -0.494 e. The molecule has 2 aliphatic rings. The molecule has 1 aliphatic carbocycles. The van der Waals surface area contributed by atoms with Crippen LogP contribution in [-0.4, -0.2) is 48.7 Å². The van der Waals surface area contributed by atoms with Crippen molar-refractivity contribution in [3.8, 4) is 5.75 Å². The molecule has 1 aliphatic heterocycles. The van der Waals surface area contributed by atoms with E-state index in [0.717, 1.165) is 36.8 Å². The number of benzene rings is 2. The van der Waals surface area contributed by atoms with Crippen LogP contribution in [0.5, 0.6) is 5.75 Å². The fourth-order valence-corrected chi connectivity index (χ4v) is 4.88. The molecule has 190 valence electrons. The number of carbonyl (C=O) groups excluding carboxylic acids is 1. The van der Waals surface area contributed by atoms with Crippen molar-refractivity contribution in [3.63, 3.8) is 0 Å². The second-order valence-corrected chi connectivity index (χ2v) is 9.01. The number of aliphatic hydroxyl groups is 2. The molecule has 2 aromatic carbocycles. The lowest BCUT2D eigenvalue weighted by Gasteiger charge is -2.27. The first-order valence-electron chi connectivity index (χ1n) is 11.7. The molecular weight excluding hydrogens is 463 g/mol. The van der Waals surface area contributed by atoms with Gasteiger partial charge in [0.05, 0.1) is 24.9 Å². The molecule has 0 unspecified atom stereocenters. The zero-order valence-electron chi connectivity index (χ0n) is 19.4. The summed E-state index contributed by atoms with van der Waals surface area (Å²) in [6.07, 6.45) is -4.31. The number of rotatable bonds is 5. The monoisotopic (exact) mass is 493 g/mol. The predicted molar refractivity (Wildman–Crippen MR) is 126 cm³/mol. The number of carbonyl (C=O) groups is 1. The Morgan fingerprint density at radius 1 is 1.14 bits per heavy atom. The van der Waals surface area contributed by atoms with Gasteiger partial charge in [-0.05, 0) is 42.5 Å². The molecule has 0 aromatic heterocycles. The van der Waals surface area contributed by atoms with Crippen LogP contribution in [0, 0.1) is 0 Å². The number of methoxy groups -OCH3 is 1. The second kappa shape index (κ2) is 10.3. The van der Waals surface area contributed by atoms with Crippen molar-refractivity contribution in [2.75, 3.05) is 30.4 Å². The first kappa shape index (κ1) is 25.1. The van der Waals surface area contributed by atoms with Gasteiger partial charge in [0.1, 0.15) is 5.75 Å². The van der Waals surface area contributed by atoms with E-state index in [1.807, 2.05) is 17.0 Å². The highest BCUT2D eigenvalue weighted by atomic mass is 19.4. The van der Waals surface area contributed by atoms with E-state index in [1.165, 1.54) is 13.2 Å². The van der Waals surface area contributed by atoms with Crippen molar-refractivity contribution < 1.29 is 32.9 Å². The number of hydrogen-bond acceptors (Lipinski definition) is 5. The van der Waals surface area contributed by atoms with Crippen LogP contribution in [0.1, 0.15) is 54.6 Å². The Balaban J connectivity index is 1.62. The smallest absolute Gasteiger partial charge is 0.418 e. The maximum atomic E-state index is 13.5. The van der Waals surface area contributed by atoms with Gasteiger partial charge < -0.3 is 30.5 Å². The summed E-state index contributed by atoms with van der Waals surface area (Å²) < 4.78 is 45.7. The highest BCUT2D eigenvalue weighted by Gasteiger charge is 2.42. The van der Waals surface area contributed by atoms with Crippen molar-refractivity contribution in [3.05, 3.63) is 53.1 Å². The van der Waals surface area contributed by atoms with Gasteiger partial charge >= 0.3 is 12.2 Å². The number of nitrogens with zero attached hydrogens (tertiary/aromatic N) is 1. The molecule has 7 nitrogen and oxygen atoms in total. The van der Waals surface area contributed by atoms with E-state index in [2.05, 4.69) is 10.6 Å². The number of halogens is 3. The number of hydrogen-bond donors (Lipinski definition) is 4. The number of nitrogens with one attached hydrogen (secondary N) is 2. The van der Waals surface area contributed by atoms with Crippen molar-refractivity contribution in [2.24, 2.45) is 0 Å². The minimum atomic E-state index is -4.91. The maximum absolute atomic E-state index is 13.5. The normalized spacial score (nSPS) is 21.1. The van der Waals surface area contributed by atoms with Gasteiger partial charge in [-0.15, -0.1) is 0 Å². The van der Waals surface area contributed by atoms with Crippen LogP contribution < -0.4 is 20.3 Å². The Hall–Kier alpha value is -2.98. The number of urea groups is 1. The third-order valence-corrected chi connectivity index (χ3v) is 6.64. The lowest BCUT2D eigenvalue weighted by molar-refractivity contribution is -0.207. The summed E-state index contributed by atoms with van der Waals surface area (Å²) in [5.41, 5.74) is 1.66. The standard InChI is InChI=1S/C25H30F3N3O4/c1-35-22-18(23(33)25(26,27)28)13-16(31-10-6-2-3-7-11-31)14-20(22)30-24(34)29-19-12-15-8-4-5-9-17(15)21(19)32/h4-5,8-9,13-14,19,21,23,32-33H,2-3,6-7,10-12H2,1H3,(H2,29,30,34)/t19-,21+,23+/m1/s1. The third kappa shape index (κ3) is 5.48. The van der Waals surface area contributed by atoms with Crippen molar-refractivity contribution in [1.29, 1.82) is 0 Å². The molecule has 0 saturated carbocycles. The quantitative estimate of drug-likeness (QED) is 0.494. The molecule has 4 rings (SSSR count). The lowest BCUT2D eigenvalue weighted by atomic mass is 10.0. The predicted octanol–water partition coefficient (Wildman–Crippen LogP) is 4.45. The third-order valence-electron chi connectivity index (χ3n) is 6.64. The molecule has 0 bridgehead atoms. The van der Waals surface area contributed by atoms with Crippen LogP contribution in [0.2, 0.25) is 0 Å². The van der Waals surface area contributed by atoms with Gasteiger partial charge in [-0.25, -0.2) is 4.79 Å². The van der Waals surface area contributed by atoms with Crippen LogP contribution >= 0.6 is 0 Å². The van der Waals surface area contributed by atoms with E-state index in [1.54, 1.807) is 18.2 Å². The lowest BCUT2D eigenvalue weighted by Crippen LogP contribution is -2.40. The van der Waals surface area contributed by atoms with Crippen molar-refractivity contribution in [2.45, 2.75) is 56.5 Å². The Bertz CT molecular complexity index is 1050. The van der Waals surface area contributed by atoms with Gasteiger partial charge in [0.15, 0.2) is 6.10 Å². The summed E-state index contributed by atoms with van der Waals surface area (Å²) in [4.78, 5) is 14.8. The van der Waals surface area contributed by atoms with Crippen LogP contribution in [-0.2, 0) is 6.42 Å². The largest absolute Gasteiger partial charge is 0.494 e. The van der Waals surface area contributed by atoms with Gasteiger partial charge in [-0.1, -0.05) is 37.1 Å². The topological polar surface area (TPSA) is 94.1 Å². The molecule has 0 spiro atoms. The van der Waals surface area contributed by atoms with Crippen molar-refractivity contribution >= 4 is 17.4 Å². The summed E-state index contributed by atoms with van der Waals surface area (Å²) in [7, 11) is 1.19. The minimum absolute atomic E-state index is 0.00930. The number of amides is 2. The van der Waals surface area contributed by atoms with Crippen LogP contribution in [0.3, 0.4) is 0 Å². The van der Waals surface area contributed by atoms with Crippen molar-refractivity contribution in [1.82, 2.24) is 5.32 Å². The van der Waals surface area contributed by atoms with Gasteiger partial charge in [0, 0.05) is 24.3 Å². The Labute approximate surface area is 201 Å². The average molecular weight is 494 g/mol. The van der Waals surface area contributed by atoms with E-state index < -0.39 is 36.0 Å². The Kier molecular flexibility index (Phi) is 7.42. The van der Waals surface area contributed by atoms with Crippen LogP contribution in [0.4, 0.5) is 29.3 Å². The summed E-state index contributed by atoms with van der Waals surface area (Å²) in [5.74, 6) is -0.265. The maximum Gasteiger partial charge on any atom is 0.418 e. The van der Waals surface area contributed by atoms with E-state index in [9.17, 15) is 28.2 Å². The van der Waals surface area contributed by atoms with Gasteiger partial charge in [0.2, 0.25) is 0 Å². The molecular formula is C25H30F3N3O4. The van der Waals surface area contributed by atoms with E-state index in [4.69, 9.17) is 4.74 Å². The van der Waals surface area contributed by atoms with Gasteiger partial charge in [0.25, 0.3) is 0 Å². The molecule has 3 atom stereocenters. The number of aliphatic hydroxyl groups excluding tert-OH is 2. The average Bonchev–Trinajstić information content (AvgIpc) is 2.98. The van der Waals surface area contributed by atoms with E-state index in [-0.39, 0.29) is 11.4 Å². The highest BCUT2D eigenvalue weighted by Crippen LogP contribution is 2.43. The fourth-order valence-electron chi connectivity index (χ4n) is 4.88. The summed E-state index contributed by atoms with van der Waals surface area (Å²) in [6, 6.07) is 8.87. The summed E-state index contributed by atoms with van der Waals surface area (Å²) in [6.45, 7) is 1.32. The number of fused-ring (bicyclic) bond motifs is 1. The molecule has 1 heterocycles. The molecule has 10 heteroatoms. The first-order chi connectivity index (χ1) is 16.7. The Morgan fingerprint density at radius 3 is 2.46 bits per heavy atom. The second-order valence-electron chi connectivity index (χ2n) is 9.01. The van der Waals surface area contributed by atoms with Gasteiger partial charge in [-0.2, -0.15) is 13.2 Å². The fraction of sp³-hybridized carbons (Fsp3) is 0.480. The van der Waals surface area contributed by atoms with Crippen LogP contribution in [0.25, 0.3) is 0 Å². The zero-order chi connectivity index (χ0) is 25.2. The summed E-state index contributed by atoms with van der Waals surface area (Å²) in [5, 5.41) is 26.0.